The van der Waals surface area contributed by atoms with Crippen LogP contribution in [-0.4, -0.2) is 35.4 Å². The van der Waals surface area contributed by atoms with Gasteiger partial charge in [-0.25, -0.2) is 4.98 Å². The SMILES string of the molecule is COCCCNc1ncnc2onc(C)c12. The van der Waals surface area contributed by atoms with Gasteiger partial charge in [-0.1, -0.05) is 5.16 Å². The molecule has 0 spiro atoms. The smallest absolute Gasteiger partial charge is 0.263 e. The molecule has 6 nitrogen and oxygen atoms in total. The van der Waals surface area contributed by atoms with Crippen LogP contribution >= 0.6 is 0 Å². The zero-order chi connectivity index (χ0) is 11.4. The van der Waals surface area contributed by atoms with E-state index < -0.39 is 0 Å². The minimum Gasteiger partial charge on any atom is -0.385 e. The Hall–Kier alpha value is -1.69. The fourth-order valence-electron chi connectivity index (χ4n) is 1.48. The Morgan fingerprint density at radius 1 is 1.44 bits per heavy atom. The molecule has 2 rings (SSSR count). The Bertz CT molecular complexity index is 469. The van der Waals surface area contributed by atoms with Crippen LogP contribution in [0.25, 0.3) is 11.1 Å². The van der Waals surface area contributed by atoms with Crippen LogP contribution in [0, 0.1) is 6.92 Å². The maximum atomic E-state index is 5.05. The summed E-state index contributed by atoms with van der Waals surface area (Å²) in [4.78, 5) is 8.18. The van der Waals surface area contributed by atoms with Crippen LogP contribution in [0.3, 0.4) is 0 Å². The Morgan fingerprint density at radius 3 is 3.12 bits per heavy atom. The summed E-state index contributed by atoms with van der Waals surface area (Å²) in [5.74, 6) is 0.764. The van der Waals surface area contributed by atoms with Crippen molar-refractivity contribution < 1.29 is 9.26 Å². The quantitative estimate of drug-likeness (QED) is 0.770. The highest BCUT2D eigenvalue weighted by Gasteiger charge is 2.10. The second-order valence-corrected chi connectivity index (χ2v) is 3.44. The largest absolute Gasteiger partial charge is 0.385 e. The molecule has 0 unspecified atom stereocenters. The van der Waals surface area contributed by atoms with Gasteiger partial charge in [0, 0.05) is 20.3 Å². The molecule has 0 radical (unpaired) electrons. The summed E-state index contributed by atoms with van der Waals surface area (Å²) in [5.41, 5.74) is 1.31. The van der Waals surface area contributed by atoms with Crippen molar-refractivity contribution >= 4 is 16.9 Å². The van der Waals surface area contributed by atoms with Crippen molar-refractivity contribution in [2.45, 2.75) is 13.3 Å². The van der Waals surface area contributed by atoms with Crippen molar-refractivity contribution in [3.05, 3.63) is 12.0 Å². The minimum atomic E-state index is 0.516. The Balaban J connectivity index is 2.13. The first kappa shape index (κ1) is 10.8. The van der Waals surface area contributed by atoms with E-state index in [1.807, 2.05) is 6.92 Å². The van der Waals surface area contributed by atoms with E-state index in [1.165, 1.54) is 6.33 Å². The fourth-order valence-corrected chi connectivity index (χ4v) is 1.48. The van der Waals surface area contributed by atoms with Gasteiger partial charge in [-0.05, 0) is 13.3 Å². The lowest BCUT2D eigenvalue weighted by atomic mass is 10.3. The number of hydrogen-bond acceptors (Lipinski definition) is 6. The number of nitrogens with zero attached hydrogens (tertiary/aromatic N) is 3. The van der Waals surface area contributed by atoms with Gasteiger partial charge < -0.3 is 14.6 Å². The lowest BCUT2D eigenvalue weighted by Gasteiger charge is -2.05. The molecule has 0 saturated carbocycles. The molecule has 2 aromatic rings. The predicted molar refractivity (Wildman–Crippen MR) is 59.3 cm³/mol. The van der Waals surface area contributed by atoms with Gasteiger partial charge in [0.2, 0.25) is 0 Å². The van der Waals surface area contributed by atoms with E-state index in [0.29, 0.717) is 5.71 Å². The van der Waals surface area contributed by atoms with Crippen molar-refractivity contribution in [2.75, 3.05) is 25.6 Å². The summed E-state index contributed by atoms with van der Waals surface area (Å²) in [7, 11) is 1.69. The van der Waals surface area contributed by atoms with E-state index >= 15 is 0 Å². The molecule has 2 heterocycles. The number of aryl methyl sites for hydroxylation is 1. The molecular weight excluding hydrogens is 208 g/mol. The molecule has 6 heteroatoms. The van der Waals surface area contributed by atoms with Gasteiger partial charge in [0.15, 0.2) is 0 Å². The third-order valence-corrected chi connectivity index (χ3v) is 2.26. The molecule has 0 fully saturated rings. The highest BCUT2D eigenvalue weighted by Crippen LogP contribution is 2.21. The summed E-state index contributed by atoms with van der Waals surface area (Å²) in [6.45, 7) is 3.39. The third kappa shape index (κ3) is 2.11. The molecule has 0 aliphatic rings. The molecule has 0 aliphatic carbocycles. The summed E-state index contributed by atoms with van der Waals surface area (Å²) in [5, 5.41) is 7.92. The molecule has 16 heavy (non-hydrogen) atoms. The van der Waals surface area contributed by atoms with Gasteiger partial charge in [0.05, 0.1) is 5.69 Å². The van der Waals surface area contributed by atoms with E-state index in [1.54, 1.807) is 7.11 Å². The van der Waals surface area contributed by atoms with Crippen molar-refractivity contribution in [1.82, 2.24) is 15.1 Å². The average Bonchev–Trinajstić information content (AvgIpc) is 2.68. The predicted octanol–water partition coefficient (Wildman–Crippen LogP) is 1.37. The second kappa shape index (κ2) is 4.89. The van der Waals surface area contributed by atoms with Gasteiger partial charge in [0.1, 0.15) is 17.5 Å². The average molecular weight is 222 g/mol. The number of rotatable bonds is 5. The number of fused-ring (bicyclic) bond motifs is 1. The van der Waals surface area contributed by atoms with Crippen molar-refractivity contribution in [3.8, 4) is 0 Å². The number of anilines is 1. The van der Waals surface area contributed by atoms with E-state index in [0.717, 1.165) is 36.5 Å². The summed E-state index contributed by atoms with van der Waals surface area (Å²) in [6.07, 6.45) is 2.39. The second-order valence-electron chi connectivity index (χ2n) is 3.44. The van der Waals surface area contributed by atoms with Crippen LogP contribution in [0.5, 0.6) is 0 Å². The zero-order valence-corrected chi connectivity index (χ0v) is 9.36. The number of aromatic nitrogens is 3. The van der Waals surface area contributed by atoms with Gasteiger partial charge >= 0.3 is 0 Å². The molecule has 0 amide bonds. The first-order valence-corrected chi connectivity index (χ1v) is 5.12. The van der Waals surface area contributed by atoms with Crippen molar-refractivity contribution in [1.29, 1.82) is 0 Å². The lowest BCUT2D eigenvalue weighted by Crippen LogP contribution is -2.06. The van der Waals surface area contributed by atoms with Crippen LogP contribution in [0.4, 0.5) is 5.82 Å². The van der Waals surface area contributed by atoms with E-state index in [2.05, 4.69) is 20.4 Å². The van der Waals surface area contributed by atoms with E-state index in [-0.39, 0.29) is 0 Å². The molecule has 0 saturated heterocycles. The van der Waals surface area contributed by atoms with Gasteiger partial charge in [-0.15, -0.1) is 0 Å². The highest BCUT2D eigenvalue weighted by molar-refractivity contribution is 5.87. The standard InChI is InChI=1S/C10H14N4O2/c1-7-8-9(11-4-3-5-15-2)12-6-13-10(8)16-14-7/h6H,3-5H2,1-2H3,(H,11,12,13). The molecule has 0 aliphatic heterocycles. The molecule has 1 N–H and O–H groups in total. The maximum Gasteiger partial charge on any atom is 0.263 e. The molecule has 0 aromatic carbocycles. The summed E-state index contributed by atoms with van der Waals surface area (Å²) >= 11 is 0. The van der Waals surface area contributed by atoms with Gasteiger partial charge in [-0.3, -0.25) is 0 Å². The Kier molecular flexibility index (Phi) is 3.31. The molecule has 0 atom stereocenters. The number of nitrogens with one attached hydrogen (secondary N) is 1. The zero-order valence-electron chi connectivity index (χ0n) is 9.36. The van der Waals surface area contributed by atoms with E-state index in [4.69, 9.17) is 9.26 Å². The van der Waals surface area contributed by atoms with Crippen LogP contribution in [-0.2, 0) is 4.74 Å². The topological polar surface area (TPSA) is 73.1 Å². The molecule has 0 bridgehead atoms. The minimum absolute atomic E-state index is 0.516. The van der Waals surface area contributed by atoms with Crippen LogP contribution in [0.1, 0.15) is 12.1 Å². The molecular formula is C10H14N4O2. The van der Waals surface area contributed by atoms with Crippen LogP contribution in [0.15, 0.2) is 10.9 Å². The number of methoxy groups -OCH3 is 1. The summed E-state index contributed by atoms with van der Waals surface area (Å²) in [6, 6.07) is 0. The van der Waals surface area contributed by atoms with Crippen LogP contribution in [0.2, 0.25) is 0 Å². The Labute approximate surface area is 93.0 Å². The first-order chi connectivity index (χ1) is 7.83. The maximum absolute atomic E-state index is 5.05. The van der Waals surface area contributed by atoms with Crippen LogP contribution < -0.4 is 5.32 Å². The Morgan fingerprint density at radius 2 is 2.31 bits per heavy atom. The highest BCUT2D eigenvalue weighted by atomic mass is 16.5. The number of ether oxygens (including phenoxy) is 1. The van der Waals surface area contributed by atoms with Gasteiger partial charge in [-0.2, -0.15) is 4.98 Å². The van der Waals surface area contributed by atoms with Crippen molar-refractivity contribution in [3.63, 3.8) is 0 Å². The number of hydrogen-bond donors (Lipinski definition) is 1. The normalized spacial score (nSPS) is 10.9. The molecule has 86 valence electrons. The van der Waals surface area contributed by atoms with E-state index in [9.17, 15) is 0 Å². The molecule has 2 aromatic heterocycles. The monoisotopic (exact) mass is 222 g/mol. The summed E-state index contributed by atoms with van der Waals surface area (Å²) < 4.78 is 10.0. The first-order valence-electron chi connectivity index (χ1n) is 5.12. The van der Waals surface area contributed by atoms with Gasteiger partial charge in [0.25, 0.3) is 5.71 Å². The fraction of sp³-hybridized carbons (Fsp3) is 0.500. The van der Waals surface area contributed by atoms with Crippen molar-refractivity contribution in [2.24, 2.45) is 0 Å². The third-order valence-electron chi connectivity index (χ3n) is 2.26. The lowest BCUT2D eigenvalue weighted by molar-refractivity contribution is 0.198.